The molecule has 0 aliphatic rings. The van der Waals surface area contributed by atoms with E-state index < -0.39 is 37.5 Å². The zero-order valence-corrected chi connectivity index (χ0v) is 11.5. The van der Waals surface area contributed by atoms with Crippen molar-refractivity contribution in [3.8, 4) is 0 Å². The minimum absolute atomic E-state index is 0.0164. The maximum Gasteiger partial charge on any atom is 0.326 e. The van der Waals surface area contributed by atoms with Crippen LogP contribution in [-0.2, 0) is 14.8 Å². The van der Waals surface area contributed by atoms with Crippen LogP contribution in [0.15, 0.2) is 23.1 Å². The number of nitrogens with zero attached hydrogens (tertiary/aromatic N) is 2. The predicted octanol–water partition coefficient (Wildman–Crippen LogP) is 0.152. The van der Waals surface area contributed by atoms with E-state index in [1.165, 1.54) is 14.0 Å². The zero-order valence-electron chi connectivity index (χ0n) is 10.7. The number of carbonyl (C=O) groups is 1. The molecule has 1 aromatic rings. The van der Waals surface area contributed by atoms with Crippen LogP contribution in [0.3, 0.4) is 0 Å². The third-order valence-electron chi connectivity index (χ3n) is 2.79. The highest BCUT2D eigenvalue weighted by molar-refractivity contribution is 7.89. The summed E-state index contributed by atoms with van der Waals surface area (Å²) in [5.41, 5.74) is -0.551. The first-order valence-corrected chi connectivity index (χ1v) is 6.87. The number of primary sulfonamides is 1. The fourth-order valence-electron chi connectivity index (χ4n) is 1.50. The topological polar surface area (TPSA) is 144 Å². The summed E-state index contributed by atoms with van der Waals surface area (Å²) in [6.07, 6.45) is 0. The third kappa shape index (κ3) is 3.22. The number of sulfonamides is 1. The van der Waals surface area contributed by atoms with Crippen molar-refractivity contribution in [2.45, 2.75) is 17.9 Å². The summed E-state index contributed by atoms with van der Waals surface area (Å²) in [6.45, 7) is 1.35. The number of hydrogen-bond donors (Lipinski definition) is 2. The van der Waals surface area contributed by atoms with Gasteiger partial charge < -0.3 is 10.0 Å². The lowest BCUT2D eigenvalue weighted by Crippen LogP contribution is -2.36. The molecule has 0 fully saturated rings. The minimum Gasteiger partial charge on any atom is -0.480 e. The average Bonchev–Trinajstić information content (AvgIpc) is 2.34. The van der Waals surface area contributed by atoms with Gasteiger partial charge in [0.2, 0.25) is 10.0 Å². The van der Waals surface area contributed by atoms with Crippen LogP contribution in [0.25, 0.3) is 0 Å². The summed E-state index contributed by atoms with van der Waals surface area (Å²) in [5.74, 6) is -1.17. The van der Waals surface area contributed by atoms with Crippen LogP contribution < -0.4 is 10.0 Å². The Balaban J connectivity index is 3.42. The van der Waals surface area contributed by atoms with Crippen molar-refractivity contribution in [1.82, 2.24) is 0 Å². The summed E-state index contributed by atoms with van der Waals surface area (Å²) in [5, 5.41) is 24.8. The summed E-state index contributed by atoms with van der Waals surface area (Å²) >= 11 is 0. The van der Waals surface area contributed by atoms with Gasteiger partial charge in [0.05, 0.1) is 9.82 Å². The maximum absolute atomic E-state index is 11.2. The number of likely N-dealkylation sites (N-methyl/N-ethyl adjacent to an activating group) is 1. The molecule has 0 saturated heterocycles. The van der Waals surface area contributed by atoms with Gasteiger partial charge in [-0.2, -0.15) is 0 Å². The van der Waals surface area contributed by atoms with Crippen LogP contribution >= 0.6 is 0 Å². The van der Waals surface area contributed by atoms with Crippen LogP contribution in [0, 0.1) is 10.1 Å². The second kappa shape index (κ2) is 5.43. The van der Waals surface area contributed by atoms with Crippen LogP contribution in [0.5, 0.6) is 0 Å². The van der Waals surface area contributed by atoms with Gasteiger partial charge in [0.15, 0.2) is 0 Å². The molecule has 1 aromatic carbocycles. The van der Waals surface area contributed by atoms with E-state index in [1.54, 1.807) is 0 Å². The van der Waals surface area contributed by atoms with Gasteiger partial charge in [0, 0.05) is 13.1 Å². The van der Waals surface area contributed by atoms with E-state index in [1.807, 2.05) is 0 Å². The molecule has 3 N–H and O–H groups in total. The molecule has 0 spiro atoms. The quantitative estimate of drug-likeness (QED) is 0.582. The number of carboxylic acids is 1. The van der Waals surface area contributed by atoms with E-state index in [0.717, 1.165) is 23.1 Å². The number of nitrogens with two attached hydrogens (primary N) is 1. The van der Waals surface area contributed by atoms with Gasteiger partial charge in [0.1, 0.15) is 11.7 Å². The van der Waals surface area contributed by atoms with Crippen molar-refractivity contribution in [3.05, 3.63) is 28.3 Å². The lowest BCUT2D eigenvalue weighted by Gasteiger charge is -2.23. The van der Waals surface area contributed by atoms with Gasteiger partial charge in [-0.15, -0.1) is 0 Å². The summed E-state index contributed by atoms with van der Waals surface area (Å²) in [7, 11) is -2.72. The van der Waals surface area contributed by atoms with Gasteiger partial charge in [-0.1, -0.05) is 0 Å². The minimum atomic E-state index is -4.08. The highest BCUT2D eigenvalue weighted by atomic mass is 32.2. The molecule has 0 aliphatic carbocycles. The van der Waals surface area contributed by atoms with E-state index in [-0.39, 0.29) is 5.69 Å². The summed E-state index contributed by atoms with van der Waals surface area (Å²) < 4.78 is 22.4. The molecule has 110 valence electrons. The molecule has 0 amide bonds. The Morgan fingerprint density at radius 1 is 1.50 bits per heavy atom. The Morgan fingerprint density at radius 2 is 2.05 bits per heavy atom. The Kier molecular flexibility index (Phi) is 4.30. The normalized spacial score (nSPS) is 12.8. The lowest BCUT2D eigenvalue weighted by molar-refractivity contribution is -0.384. The summed E-state index contributed by atoms with van der Waals surface area (Å²) in [6, 6.07) is 2.02. The molecule has 0 aromatic heterocycles. The van der Waals surface area contributed by atoms with Crippen molar-refractivity contribution in [2.75, 3.05) is 11.9 Å². The maximum atomic E-state index is 11.2. The van der Waals surface area contributed by atoms with E-state index in [9.17, 15) is 23.3 Å². The molecule has 20 heavy (non-hydrogen) atoms. The van der Waals surface area contributed by atoms with Gasteiger partial charge >= 0.3 is 5.97 Å². The van der Waals surface area contributed by atoms with Crippen molar-refractivity contribution in [1.29, 1.82) is 0 Å². The largest absolute Gasteiger partial charge is 0.480 e. The molecule has 0 bridgehead atoms. The SMILES string of the molecule is CC(C(=O)O)N(C)c1ccc(S(N)(=O)=O)cc1[N+](=O)[O-]. The van der Waals surface area contributed by atoms with Gasteiger partial charge in [-0.05, 0) is 19.1 Å². The molecule has 0 heterocycles. The molecule has 1 unspecified atom stereocenters. The Morgan fingerprint density at radius 3 is 2.45 bits per heavy atom. The predicted molar refractivity (Wildman–Crippen MR) is 70.0 cm³/mol. The molecule has 0 saturated carbocycles. The average molecular weight is 303 g/mol. The molecule has 9 nitrogen and oxygen atoms in total. The third-order valence-corrected chi connectivity index (χ3v) is 3.70. The highest BCUT2D eigenvalue weighted by Crippen LogP contribution is 2.30. The first-order chi connectivity index (χ1) is 9.05. The first kappa shape index (κ1) is 15.9. The second-order valence-corrected chi connectivity index (χ2v) is 5.64. The smallest absolute Gasteiger partial charge is 0.326 e. The number of aliphatic carboxylic acids is 1. The van der Waals surface area contributed by atoms with E-state index in [4.69, 9.17) is 10.2 Å². The number of benzene rings is 1. The van der Waals surface area contributed by atoms with Crippen molar-refractivity contribution in [2.24, 2.45) is 5.14 Å². The molecular weight excluding hydrogens is 290 g/mol. The molecule has 1 atom stereocenters. The number of nitro benzene ring substituents is 1. The Hall–Kier alpha value is -2.20. The second-order valence-electron chi connectivity index (χ2n) is 4.08. The van der Waals surface area contributed by atoms with Crippen molar-refractivity contribution in [3.63, 3.8) is 0 Å². The van der Waals surface area contributed by atoms with Gasteiger partial charge in [-0.3, -0.25) is 10.1 Å². The lowest BCUT2D eigenvalue weighted by atomic mass is 10.2. The number of hydrogen-bond acceptors (Lipinski definition) is 6. The van der Waals surface area contributed by atoms with Crippen LogP contribution in [0.4, 0.5) is 11.4 Å². The zero-order chi connectivity index (χ0) is 15.7. The molecule has 0 aliphatic heterocycles. The Labute approximate surface area is 114 Å². The highest BCUT2D eigenvalue weighted by Gasteiger charge is 2.26. The molecule has 1 rings (SSSR count). The van der Waals surface area contributed by atoms with Crippen LogP contribution in [0.1, 0.15) is 6.92 Å². The van der Waals surface area contributed by atoms with E-state index >= 15 is 0 Å². The number of carboxylic acid groups (broad SMARTS) is 1. The molecular formula is C10H13N3O6S. The van der Waals surface area contributed by atoms with Crippen molar-refractivity contribution < 1.29 is 23.2 Å². The van der Waals surface area contributed by atoms with Crippen LogP contribution in [0.2, 0.25) is 0 Å². The molecule has 0 radical (unpaired) electrons. The fourth-order valence-corrected chi connectivity index (χ4v) is 2.03. The standard InChI is InChI=1S/C10H13N3O6S/c1-6(10(14)15)12(2)8-4-3-7(20(11,18)19)5-9(8)13(16)17/h3-6H,1-2H3,(H,14,15)(H2,11,18,19). The van der Waals surface area contributed by atoms with Crippen molar-refractivity contribution >= 4 is 27.4 Å². The monoisotopic (exact) mass is 303 g/mol. The van der Waals surface area contributed by atoms with Gasteiger partial charge in [-0.25, -0.2) is 18.4 Å². The van der Waals surface area contributed by atoms with Crippen LogP contribution in [-0.4, -0.2) is 37.5 Å². The van der Waals surface area contributed by atoms with E-state index in [2.05, 4.69) is 0 Å². The first-order valence-electron chi connectivity index (χ1n) is 5.32. The number of nitro groups is 1. The fraction of sp³-hybridized carbons (Fsp3) is 0.300. The van der Waals surface area contributed by atoms with Gasteiger partial charge in [0.25, 0.3) is 5.69 Å². The molecule has 10 heteroatoms. The summed E-state index contributed by atoms with van der Waals surface area (Å²) in [4.78, 5) is 21.8. The number of anilines is 1. The number of rotatable bonds is 5. The van der Waals surface area contributed by atoms with E-state index in [0.29, 0.717) is 0 Å². The Bertz CT molecular complexity index is 657.